The molecule has 1 aliphatic carbocycles. The van der Waals surface area contributed by atoms with Gasteiger partial charge in [0.1, 0.15) is 12.3 Å². The van der Waals surface area contributed by atoms with Gasteiger partial charge in [-0.25, -0.2) is 4.99 Å². The summed E-state index contributed by atoms with van der Waals surface area (Å²) in [4.78, 5) is 40.4. The molecular formula is C23H23Cl2N3O5. The highest BCUT2D eigenvalue weighted by atomic mass is 35.5. The van der Waals surface area contributed by atoms with Crippen molar-refractivity contribution in [3.05, 3.63) is 33.8 Å². The van der Waals surface area contributed by atoms with Crippen LogP contribution in [0.5, 0.6) is 5.75 Å². The van der Waals surface area contributed by atoms with E-state index in [9.17, 15) is 19.5 Å². The average Bonchev–Trinajstić information content (AvgIpc) is 2.77. The number of hydrogen-bond donors (Lipinski definition) is 1. The zero-order chi connectivity index (χ0) is 23.7. The molecule has 174 valence electrons. The Labute approximate surface area is 200 Å². The fourth-order valence-electron chi connectivity index (χ4n) is 4.10. The number of ether oxygens (including phenoxy) is 1. The summed E-state index contributed by atoms with van der Waals surface area (Å²) in [6.07, 6.45) is 4.95. The predicted octanol–water partition coefficient (Wildman–Crippen LogP) is 3.90. The van der Waals surface area contributed by atoms with E-state index in [1.165, 1.54) is 19.1 Å². The minimum atomic E-state index is -0.482. The maximum Gasteiger partial charge on any atom is 0.255 e. The third kappa shape index (κ3) is 5.34. The Hall–Kier alpha value is -2.55. The van der Waals surface area contributed by atoms with E-state index >= 15 is 0 Å². The lowest BCUT2D eigenvalue weighted by atomic mass is 9.82. The zero-order valence-corrected chi connectivity index (χ0v) is 19.5. The van der Waals surface area contributed by atoms with Gasteiger partial charge in [-0.15, -0.1) is 0 Å². The van der Waals surface area contributed by atoms with Gasteiger partial charge in [-0.2, -0.15) is 10.1 Å². The number of carbonyl (C=O) groups excluding carboxylic acids is 3. The van der Waals surface area contributed by atoms with E-state index in [4.69, 9.17) is 27.9 Å². The van der Waals surface area contributed by atoms with E-state index in [0.717, 1.165) is 30.7 Å². The predicted molar refractivity (Wildman–Crippen MR) is 125 cm³/mol. The average molecular weight is 492 g/mol. The molecule has 0 aromatic heterocycles. The summed E-state index contributed by atoms with van der Waals surface area (Å²) in [7, 11) is 0. The van der Waals surface area contributed by atoms with Crippen LogP contribution in [0.1, 0.15) is 45.4 Å². The molecule has 0 saturated heterocycles. The summed E-state index contributed by atoms with van der Waals surface area (Å²) in [6, 6.07) is 2.94. The quantitative estimate of drug-likeness (QED) is 0.642. The Morgan fingerprint density at radius 1 is 1.09 bits per heavy atom. The normalized spacial score (nSPS) is 23.8. The van der Waals surface area contributed by atoms with E-state index < -0.39 is 5.91 Å². The monoisotopic (exact) mass is 491 g/mol. The number of ketones is 2. The molecule has 10 heteroatoms. The number of dihydropyridines is 1. The first-order valence-corrected chi connectivity index (χ1v) is 11.5. The van der Waals surface area contributed by atoms with Gasteiger partial charge in [0.25, 0.3) is 5.91 Å². The number of aliphatic imine (C=N–C) groups is 1. The van der Waals surface area contributed by atoms with Gasteiger partial charge in [0, 0.05) is 11.6 Å². The van der Waals surface area contributed by atoms with Crippen molar-refractivity contribution in [1.82, 2.24) is 0 Å². The molecule has 0 unspecified atom stereocenters. The van der Waals surface area contributed by atoms with Crippen molar-refractivity contribution in [2.75, 3.05) is 11.6 Å². The van der Waals surface area contributed by atoms with Crippen LogP contribution >= 0.6 is 23.2 Å². The Morgan fingerprint density at radius 3 is 2.42 bits per heavy atom. The van der Waals surface area contributed by atoms with Gasteiger partial charge in [0.15, 0.2) is 17.3 Å². The summed E-state index contributed by atoms with van der Waals surface area (Å²) in [6.45, 7) is 1.51. The number of carbonyl (C=O) groups is 3. The smallest absolute Gasteiger partial charge is 0.255 e. The van der Waals surface area contributed by atoms with Crippen LogP contribution in [-0.4, -0.2) is 46.8 Å². The number of amides is 1. The largest absolute Gasteiger partial charge is 0.436 e. The fraction of sp³-hybridized carbons (Fsp3) is 0.435. The van der Waals surface area contributed by atoms with Crippen molar-refractivity contribution in [3.8, 4) is 5.75 Å². The molecule has 3 aliphatic rings. The molecule has 0 bridgehead atoms. The maximum absolute atomic E-state index is 12.4. The molecule has 1 aromatic carbocycles. The van der Waals surface area contributed by atoms with Crippen LogP contribution in [-0.2, 0) is 14.4 Å². The van der Waals surface area contributed by atoms with Crippen molar-refractivity contribution < 1.29 is 24.2 Å². The van der Waals surface area contributed by atoms with Crippen molar-refractivity contribution in [2.24, 2.45) is 16.0 Å². The van der Waals surface area contributed by atoms with Gasteiger partial charge in [0.2, 0.25) is 5.90 Å². The number of nitrogens with zero attached hydrogens (tertiary/aromatic N) is 3. The molecule has 2 heterocycles. The number of aliphatic hydroxyl groups excluding tert-OH is 1. The molecular weight excluding hydrogens is 469 g/mol. The summed E-state index contributed by atoms with van der Waals surface area (Å²) >= 11 is 12.8. The lowest BCUT2D eigenvalue weighted by Gasteiger charge is -2.26. The number of aliphatic hydroxyl groups is 1. The molecule has 0 radical (unpaired) electrons. The third-order valence-electron chi connectivity index (χ3n) is 6.00. The Bertz CT molecular complexity index is 1080. The van der Waals surface area contributed by atoms with Crippen LogP contribution in [0.4, 0.5) is 5.69 Å². The van der Waals surface area contributed by atoms with Crippen molar-refractivity contribution in [1.29, 1.82) is 0 Å². The van der Waals surface area contributed by atoms with E-state index in [-0.39, 0.29) is 58.0 Å². The molecule has 1 N–H and O–H groups in total. The van der Waals surface area contributed by atoms with Gasteiger partial charge in [-0.05, 0) is 57.1 Å². The highest BCUT2D eigenvalue weighted by molar-refractivity contribution is 6.44. The number of benzene rings is 1. The van der Waals surface area contributed by atoms with Crippen LogP contribution in [0.25, 0.3) is 0 Å². The zero-order valence-electron chi connectivity index (χ0n) is 18.0. The fourth-order valence-corrected chi connectivity index (χ4v) is 4.65. The molecule has 1 saturated carbocycles. The molecule has 0 atom stereocenters. The molecule has 2 aliphatic heterocycles. The minimum Gasteiger partial charge on any atom is -0.436 e. The second kappa shape index (κ2) is 9.75. The minimum absolute atomic E-state index is 0.0197. The summed E-state index contributed by atoms with van der Waals surface area (Å²) in [5, 5.41) is 15.1. The standard InChI is InChI=1S/C23H23Cl2N3O5/c1-12-19(30)10-22(32)28(27-12)15-8-17(24)23(18(25)9-15)33-21-7-14(20(31)11-26-21)6-13-2-4-16(29)5-3-13/h7-9,13,16,29H,2-6,10-11H2,1H3. The van der Waals surface area contributed by atoms with Crippen LogP contribution in [0.3, 0.4) is 0 Å². The number of rotatable bonds is 4. The first kappa shape index (κ1) is 23.6. The number of hydrazone groups is 1. The number of hydrogen-bond acceptors (Lipinski definition) is 7. The number of halogens is 2. The lowest BCUT2D eigenvalue weighted by Crippen LogP contribution is -2.36. The molecule has 8 nitrogen and oxygen atoms in total. The molecule has 1 fully saturated rings. The SMILES string of the molecule is CC1=NN(c2cc(Cl)c(OC3=NCC(=O)C(CC4CCC(O)CC4)=C3)c(Cl)c2)C(=O)CC1=O. The molecule has 4 rings (SSSR count). The Balaban J connectivity index is 1.52. The highest BCUT2D eigenvalue weighted by Crippen LogP contribution is 2.38. The van der Waals surface area contributed by atoms with Gasteiger partial charge in [-0.1, -0.05) is 23.2 Å². The van der Waals surface area contributed by atoms with Gasteiger partial charge < -0.3 is 9.84 Å². The maximum atomic E-state index is 12.4. The van der Waals surface area contributed by atoms with Crippen molar-refractivity contribution in [2.45, 2.75) is 51.6 Å². The van der Waals surface area contributed by atoms with Crippen LogP contribution in [0.15, 0.2) is 33.9 Å². The number of anilines is 1. The van der Waals surface area contributed by atoms with E-state index in [0.29, 0.717) is 23.6 Å². The third-order valence-corrected chi connectivity index (χ3v) is 6.56. The summed E-state index contributed by atoms with van der Waals surface area (Å²) < 4.78 is 5.83. The van der Waals surface area contributed by atoms with E-state index in [1.54, 1.807) is 6.08 Å². The molecule has 33 heavy (non-hydrogen) atoms. The topological polar surface area (TPSA) is 109 Å². The molecule has 0 spiro atoms. The van der Waals surface area contributed by atoms with Crippen molar-refractivity contribution >= 4 is 58.0 Å². The van der Waals surface area contributed by atoms with E-state index in [1.807, 2.05) is 0 Å². The van der Waals surface area contributed by atoms with Crippen molar-refractivity contribution in [3.63, 3.8) is 0 Å². The van der Waals surface area contributed by atoms with Gasteiger partial charge in [-0.3, -0.25) is 14.4 Å². The molecule has 1 aromatic rings. The van der Waals surface area contributed by atoms with Crippen LogP contribution in [0.2, 0.25) is 10.0 Å². The second-order valence-electron chi connectivity index (χ2n) is 8.46. The number of Topliss-reactive ketones (excluding diaryl/α,β-unsaturated/α-hetero) is 2. The lowest BCUT2D eigenvalue weighted by molar-refractivity contribution is -0.124. The van der Waals surface area contributed by atoms with Crippen LogP contribution in [0, 0.1) is 5.92 Å². The summed E-state index contributed by atoms with van der Waals surface area (Å²) in [5.41, 5.74) is 1.16. The second-order valence-corrected chi connectivity index (χ2v) is 9.27. The Kier molecular flexibility index (Phi) is 6.97. The van der Waals surface area contributed by atoms with Gasteiger partial charge >= 0.3 is 0 Å². The first-order valence-electron chi connectivity index (χ1n) is 10.8. The highest BCUT2D eigenvalue weighted by Gasteiger charge is 2.28. The van der Waals surface area contributed by atoms with Crippen LogP contribution < -0.4 is 9.75 Å². The molecule has 1 amide bonds. The Morgan fingerprint density at radius 2 is 1.76 bits per heavy atom. The summed E-state index contributed by atoms with van der Waals surface area (Å²) in [5.74, 6) is -0.146. The van der Waals surface area contributed by atoms with E-state index in [2.05, 4.69) is 10.1 Å². The first-order chi connectivity index (χ1) is 15.7. The van der Waals surface area contributed by atoms with Gasteiger partial charge in [0.05, 0.1) is 28.3 Å².